The van der Waals surface area contributed by atoms with E-state index in [0.29, 0.717) is 18.6 Å². The molecular weight excluding hydrogens is 218 g/mol. The zero-order valence-electron chi connectivity index (χ0n) is 10.2. The van der Waals surface area contributed by atoms with E-state index >= 15 is 0 Å². The molecule has 0 aromatic heterocycles. The molecule has 3 aliphatic rings. The zero-order chi connectivity index (χ0) is 11.7. The highest BCUT2D eigenvalue weighted by molar-refractivity contribution is 5.75. The minimum Gasteiger partial charge on any atom is -0.379 e. The van der Waals surface area contributed by atoms with Gasteiger partial charge in [-0.25, -0.2) is 4.79 Å². The highest BCUT2D eigenvalue weighted by Crippen LogP contribution is 2.24. The fraction of sp³-hybridized carbons (Fsp3) is 0.917. The van der Waals surface area contributed by atoms with Gasteiger partial charge in [-0.2, -0.15) is 0 Å². The van der Waals surface area contributed by atoms with E-state index in [9.17, 15) is 4.79 Å². The van der Waals surface area contributed by atoms with Crippen LogP contribution in [0.2, 0.25) is 0 Å². The number of likely N-dealkylation sites (tertiary alicyclic amines) is 1. The Hall–Kier alpha value is -0.810. The van der Waals surface area contributed by atoms with Gasteiger partial charge in [-0.1, -0.05) is 0 Å². The summed E-state index contributed by atoms with van der Waals surface area (Å²) in [7, 11) is 0. The molecule has 0 spiro atoms. The van der Waals surface area contributed by atoms with Gasteiger partial charge >= 0.3 is 6.03 Å². The van der Waals surface area contributed by atoms with Gasteiger partial charge in [0.1, 0.15) is 0 Å². The third kappa shape index (κ3) is 2.40. The molecule has 0 aliphatic carbocycles. The topological polar surface area (TPSA) is 53.6 Å². The molecule has 5 heteroatoms. The van der Waals surface area contributed by atoms with Crippen molar-refractivity contribution in [1.29, 1.82) is 0 Å². The number of urea groups is 1. The predicted molar refractivity (Wildman–Crippen MR) is 63.8 cm³/mol. The van der Waals surface area contributed by atoms with Crippen LogP contribution in [0.4, 0.5) is 4.79 Å². The number of carbonyl (C=O) groups excluding carboxylic acids is 1. The molecule has 0 saturated carbocycles. The molecule has 3 atom stereocenters. The monoisotopic (exact) mass is 239 g/mol. The Kier molecular flexibility index (Phi) is 3.20. The largest absolute Gasteiger partial charge is 0.379 e. The van der Waals surface area contributed by atoms with Crippen LogP contribution in [0, 0.1) is 5.92 Å². The number of carbonyl (C=O) groups is 1. The predicted octanol–water partition coefficient (Wildman–Crippen LogP) is 0.169. The minimum atomic E-state index is 0.0942. The van der Waals surface area contributed by atoms with Crippen LogP contribution in [0.15, 0.2) is 0 Å². The van der Waals surface area contributed by atoms with Crippen molar-refractivity contribution in [2.24, 2.45) is 5.92 Å². The summed E-state index contributed by atoms with van der Waals surface area (Å²) in [5, 5.41) is 6.58. The highest BCUT2D eigenvalue weighted by Gasteiger charge is 2.36. The van der Waals surface area contributed by atoms with E-state index in [-0.39, 0.29) is 12.1 Å². The smallest absolute Gasteiger partial charge is 0.317 e. The lowest BCUT2D eigenvalue weighted by atomic mass is 9.94. The van der Waals surface area contributed by atoms with Crippen molar-refractivity contribution in [1.82, 2.24) is 15.5 Å². The van der Waals surface area contributed by atoms with Gasteiger partial charge in [-0.15, -0.1) is 0 Å². The van der Waals surface area contributed by atoms with Crippen molar-refractivity contribution in [2.45, 2.75) is 31.3 Å². The molecule has 2 N–H and O–H groups in total. The van der Waals surface area contributed by atoms with Crippen molar-refractivity contribution >= 4 is 6.03 Å². The lowest BCUT2D eigenvalue weighted by Gasteiger charge is -2.24. The van der Waals surface area contributed by atoms with Crippen LogP contribution in [0.5, 0.6) is 0 Å². The van der Waals surface area contributed by atoms with Gasteiger partial charge in [0.25, 0.3) is 0 Å². The Labute approximate surface area is 102 Å². The lowest BCUT2D eigenvalue weighted by Crippen LogP contribution is -2.45. The molecule has 3 aliphatic heterocycles. The number of rotatable bonds is 1. The number of piperidine rings is 1. The maximum absolute atomic E-state index is 12.1. The van der Waals surface area contributed by atoms with E-state index in [1.165, 1.54) is 12.8 Å². The second kappa shape index (κ2) is 4.82. The van der Waals surface area contributed by atoms with Gasteiger partial charge in [0.05, 0.1) is 12.6 Å². The van der Waals surface area contributed by atoms with E-state index in [2.05, 4.69) is 10.6 Å². The SMILES string of the molecule is O=C(NC1CCOC1)N1CC2CCCNC2C1. The van der Waals surface area contributed by atoms with Crippen molar-refractivity contribution in [3.05, 3.63) is 0 Å². The maximum atomic E-state index is 12.1. The summed E-state index contributed by atoms with van der Waals surface area (Å²) in [5.74, 6) is 0.661. The molecule has 3 fully saturated rings. The van der Waals surface area contributed by atoms with E-state index in [0.717, 1.165) is 32.7 Å². The molecule has 0 radical (unpaired) electrons. The van der Waals surface area contributed by atoms with E-state index in [1.807, 2.05) is 4.90 Å². The third-order valence-electron chi connectivity index (χ3n) is 4.14. The van der Waals surface area contributed by atoms with Crippen molar-refractivity contribution in [3.8, 4) is 0 Å². The van der Waals surface area contributed by atoms with Crippen molar-refractivity contribution in [2.75, 3.05) is 32.8 Å². The first kappa shape index (κ1) is 11.3. The number of nitrogens with zero attached hydrogens (tertiary/aromatic N) is 1. The van der Waals surface area contributed by atoms with Crippen molar-refractivity contribution in [3.63, 3.8) is 0 Å². The van der Waals surface area contributed by atoms with Crippen LogP contribution in [-0.2, 0) is 4.74 Å². The van der Waals surface area contributed by atoms with Gasteiger partial charge in [0, 0.05) is 25.7 Å². The summed E-state index contributed by atoms with van der Waals surface area (Å²) in [6.07, 6.45) is 3.45. The van der Waals surface area contributed by atoms with E-state index in [1.54, 1.807) is 0 Å². The van der Waals surface area contributed by atoms with Crippen LogP contribution in [0.25, 0.3) is 0 Å². The van der Waals surface area contributed by atoms with Crippen LogP contribution in [-0.4, -0.2) is 55.9 Å². The average Bonchev–Trinajstić information content (AvgIpc) is 2.96. The Morgan fingerprint density at radius 1 is 1.35 bits per heavy atom. The van der Waals surface area contributed by atoms with Gasteiger partial charge in [-0.3, -0.25) is 0 Å². The second-order valence-corrected chi connectivity index (χ2v) is 5.38. The normalized spacial score (nSPS) is 36.9. The summed E-state index contributed by atoms with van der Waals surface area (Å²) in [6.45, 7) is 4.33. The maximum Gasteiger partial charge on any atom is 0.317 e. The first-order valence-electron chi connectivity index (χ1n) is 6.69. The molecule has 5 nitrogen and oxygen atoms in total. The number of nitrogens with one attached hydrogen (secondary N) is 2. The van der Waals surface area contributed by atoms with Crippen LogP contribution >= 0.6 is 0 Å². The molecule has 0 bridgehead atoms. The van der Waals surface area contributed by atoms with Crippen LogP contribution < -0.4 is 10.6 Å². The molecule has 96 valence electrons. The number of fused-ring (bicyclic) bond motifs is 1. The van der Waals surface area contributed by atoms with Gasteiger partial charge < -0.3 is 20.3 Å². The third-order valence-corrected chi connectivity index (χ3v) is 4.14. The summed E-state index contributed by atoms with van der Waals surface area (Å²) < 4.78 is 5.27. The quantitative estimate of drug-likeness (QED) is 0.686. The standard InChI is InChI=1S/C12H21N3O2/c16-12(14-10-3-5-17-8-10)15-6-9-2-1-4-13-11(9)7-15/h9-11,13H,1-8H2,(H,14,16). The summed E-state index contributed by atoms with van der Waals surface area (Å²) in [4.78, 5) is 14.0. The first-order chi connectivity index (χ1) is 8.33. The fourth-order valence-corrected chi connectivity index (χ4v) is 3.13. The van der Waals surface area contributed by atoms with E-state index < -0.39 is 0 Å². The molecule has 3 saturated heterocycles. The Morgan fingerprint density at radius 2 is 2.29 bits per heavy atom. The van der Waals surface area contributed by atoms with Gasteiger partial charge in [-0.05, 0) is 31.7 Å². The number of amides is 2. The fourth-order valence-electron chi connectivity index (χ4n) is 3.13. The lowest BCUT2D eigenvalue weighted by molar-refractivity contribution is 0.181. The molecule has 3 heterocycles. The Bertz CT molecular complexity index is 277. The molecule has 3 rings (SSSR count). The molecule has 2 amide bonds. The highest BCUT2D eigenvalue weighted by atomic mass is 16.5. The zero-order valence-corrected chi connectivity index (χ0v) is 10.2. The van der Waals surface area contributed by atoms with Crippen LogP contribution in [0.3, 0.4) is 0 Å². The number of hydrogen-bond donors (Lipinski definition) is 2. The molecule has 17 heavy (non-hydrogen) atoms. The van der Waals surface area contributed by atoms with Crippen LogP contribution in [0.1, 0.15) is 19.3 Å². The molecule has 0 aromatic rings. The first-order valence-corrected chi connectivity index (χ1v) is 6.69. The minimum absolute atomic E-state index is 0.0942. The summed E-state index contributed by atoms with van der Waals surface area (Å²) in [6, 6.07) is 0.837. The van der Waals surface area contributed by atoms with E-state index in [4.69, 9.17) is 4.74 Å². The molecule has 0 aromatic carbocycles. The average molecular weight is 239 g/mol. The molecule has 3 unspecified atom stereocenters. The Morgan fingerprint density at radius 3 is 3.06 bits per heavy atom. The summed E-state index contributed by atoms with van der Waals surface area (Å²) in [5.41, 5.74) is 0. The van der Waals surface area contributed by atoms with Crippen molar-refractivity contribution < 1.29 is 9.53 Å². The van der Waals surface area contributed by atoms with Gasteiger partial charge in [0.2, 0.25) is 0 Å². The number of ether oxygens (including phenoxy) is 1. The Balaban J connectivity index is 1.52. The second-order valence-electron chi connectivity index (χ2n) is 5.38. The summed E-state index contributed by atoms with van der Waals surface area (Å²) >= 11 is 0. The number of hydrogen-bond acceptors (Lipinski definition) is 3. The molecular formula is C12H21N3O2. The van der Waals surface area contributed by atoms with Gasteiger partial charge in [0.15, 0.2) is 0 Å².